The van der Waals surface area contributed by atoms with E-state index in [1.165, 1.54) is 11.3 Å². The summed E-state index contributed by atoms with van der Waals surface area (Å²) in [5.41, 5.74) is 2.65. The van der Waals surface area contributed by atoms with Gasteiger partial charge in [0.05, 0.1) is 30.5 Å². The Labute approximate surface area is 123 Å². The first-order chi connectivity index (χ1) is 7.77. The van der Waals surface area contributed by atoms with Crippen LogP contribution in [0.1, 0.15) is 12.6 Å². The van der Waals surface area contributed by atoms with Crippen LogP contribution in [0, 0.1) is 0 Å². The molecule has 1 saturated heterocycles. The van der Waals surface area contributed by atoms with Crippen LogP contribution < -0.4 is 10.6 Å². The molecule has 2 heterocycles. The van der Waals surface area contributed by atoms with E-state index in [0.717, 1.165) is 12.2 Å². The fourth-order valence-electron chi connectivity index (χ4n) is 1.64. The van der Waals surface area contributed by atoms with Crippen molar-refractivity contribution in [3.63, 3.8) is 0 Å². The van der Waals surface area contributed by atoms with Gasteiger partial charge in [0.2, 0.25) is 5.91 Å². The second-order valence-electron chi connectivity index (χ2n) is 3.71. The minimum Gasteiger partial charge on any atom is -0.375 e. The lowest BCUT2D eigenvalue weighted by atomic mass is 10.1. The van der Waals surface area contributed by atoms with E-state index in [1.807, 2.05) is 12.3 Å². The first-order valence-corrected chi connectivity index (χ1v) is 6.21. The molecule has 1 amide bonds. The van der Waals surface area contributed by atoms with E-state index in [1.54, 1.807) is 5.51 Å². The van der Waals surface area contributed by atoms with Crippen molar-refractivity contribution in [3.05, 3.63) is 16.6 Å². The molecule has 1 aromatic heterocycles. The highest BCUT2D eigenvalue weighted by atomic mass is 35.5. The largest absolute Gasteiger partial charge is 0.375 e. The Hall–Kier alpha value is -0.400. The van der Waals surface area contributed by atoms with Gasteiger partial charge in [0.25, 0.3) is 0 Å². The van der Waals surface area contributed by atoms with Gasteiger partial charge in [-0.1, -0.05) is 0 Å². The standard InChI is InChI=1S/C10H15N3O2S.2ClH/c1-7-9(11-2-3-15-7)10(14)12-4-8-5-16-6-13-8;;/h5-7,9,11H,2-4H2,1H3,(H,12,14);2*1H/t7-,9+;;/m1../s1. The highest BCUT2D eigenvalue weighted by molar-refractivity contribution is 7.07. The smallest absolute Gasteiger partial charge is 0.240 e. The number of aromatic nitrogens is 1. The number of carbonyl (C=O) groups excluding carboxylic acids is 1. The molecule has 0 bridgehead atoms. The van der Waals surface area contributed by atoms with Gasteiger partial charge in [-0.3, -0.25) is 4.79 Å². The third-order valence-corrected chi connectivity index (χ3v) is 3.16. The van der Waals surface area contributed by atoms with Crippen LogP contribution in [0.4, 0.5) is 0 Å². The number of rotatable bonds is 3. The van der Waals surface area contributed by atoms with Crippen molar-refractivity contribution in [2.75, 3.05) is 13.2 Å². The van der Waals surface area contributed by atoms with E-state index in [-0.39, 0.29) is 42.9 Å². The Morgan fingerprint density at radius 2 is 2.44 bits per heavy atom. The van der Waals surface area contributed by atoms with Crippen LogP contribution in [0.15, 0.2) is 10.9 Å². The Morgan fingerprint density at radius 3 is 3.06 bits per heavy atom. The number of thiazole rings is 1. The predicted molar refractivity (Wildman–Crippen MR) is 75.7 cm³/mol. The van der Waals surface area contributed by atoms with E-state index in [4.69, 9.17) is 4.74 Å². The molecule has 2 atom stereocenters. The van der Waals surface area contributed by atoms with Crippen LogP contribution in [0.3, 0.4) is 0 Å². The molecule has 0 aliphatic carbocycles. The molecule has 0 unspecified atom stereocenters. The Balaban J connectivity index is 0.00000144. The maximum atomic E-state index is 11.8. The predicted octanol–water partition coefficient (Wildman–Crippen LogP) is 0.980. The van der Waals surface area contributed by atoms with Crippen molar-refractivity contribution in [3.8, 4) is 0 Å². The first kappa shape index (κ1) is 17.6. The molecule has 18 heavy (non-hydrogen) atoms. The van der Waals surface area contributed by atoms with Crippen LogP contribution in [0.5, 0.6) is 0 Å². The van der Waals surface area contributed by atoms with Gasteiger partial charge in [-0.05, 0) is 6.92 Å². The number of nitrogens with zero attached hydrogens (tertiary/aromatic N) is 1. The highest BCUT2D eigenvalue weighted by Gasteiger charge is 2.27. The topological polar surface area (TPSA) is 63.2 Å². The molecule has 1 fully saturated rings. The van der Waals surface area contributed by atoms with Gasteiger partial charge in [-0.2, -0.15) is 0 Å². The SMILES string of the molecule is C[C@H]1OCCN[C@@H]1C(=O)NCc1cscn1.Cl.Cl. The molecule has 0 aromatic carbocycles. The normalized spacial score (nSPS) is 22.5. The third kappa shape index (κ3) is 4.70. The number of hydrogen-bond acceptors (Lipinski definition) is 5. The summed E-state index contributed by atoms with van der Waals surface area (Å²) in [5, 5.41) is 7.92. The summed E-state index contributed by atoms with van der Waals surface area (Å²) >= 11 is 1.52. The van der Waals surface area contributed by atoms with E-state index < -0.39 is 0 Å². The average Bonchev–Trinajstić information content (AvgIpc) is 2.79. The maximum Gasteiger partial charge on any atom is 0.240 e. The summed E-state index contributed by atoms with van der Waals surface area (Å²) in [6.45, 7) is 3.77. The number of nitrogens with one attached hydrogen (secondary N) is 2. The second-order valence-corrected chi connectivity index (χ2v) is 4.42. The number of halogens is 2. The number of hydrogen-bond donors (Lipinski definition) is 2. The molecule has 1 aromatic rings. The summed E-state index contributed by atoms with van der Waals surface area (Å²) in [6.07, 6.45) is -0.0795. The van der Waals surface area contributed by atoms with Crippen LogP contribution in [-0.4, -0.2) is 36.2 Å². The first-order valence-electron chi connectivity index (χ1n) is 5.27. The minimum atomic E-state index is -0.257. The van der Waals surface area contributed by atoms with Gasteiger partial charge in [-0.25, -0.2) is 4.98 Å². The Bertz CT molecular complexity index is 351. The van der Waals surface area contributed by atoms with Crippen LogP contribution in [-0.2, 0) is 16.1 Å². The summed E-state index contributed by atoms with van der Waals surface area (Å²) in [5.74, 6) is -0.0276. The number of amides is 1. The van der Waals surface area contributed by atoms with Crippen molar-refractivity contribution in [1.29, 1.82) is 0 Å². The fraction of sp³-hybridized carbons (Fsp3) is 0.600. The fourth-order valence-corrected chi connectivity index (χ4v) is 2.20. The van der Waals surface area contributed by atoms with Crippen molar-refractivity contribution < 1.29 is 9.53 Å². The summed E-state index contributed by atoms with van der Waals surface area (Å²) < 4.78 is 5.41. The van der Waals surface area contributed by atoms with E-state index >= 15 is 0 Å². The van der Waals surface area contributed by atoms with Crippen molar-refractivity contribution in [1.82, 2.24) is 15.6 Å². The number of carbonyl (C=O) groups is 1. The zero-order valence-corrected chi connectivity index (χ0v) is 12.4. The Morgan fingerprint density at radius 1 is 1.67 bits per heavy atom. The average molecular weight is 314 g/mol. The molecule has 0 saturated carbocycles. The second kappa shape index (κ2) is 8.66. The lowest BCUT2D eigenvalue weighted by Gasteiger charge is -2.29. The van der Waals surface area contributed by atoms with Crippen molar-refractivity contribution >= 4 is 42.1 Å². The quantitative estimate of drug-likeness (QED) is 0.873. The monoisotopic (exact) mass is 313 g/mol. The summed E-state index contributed by atoms with van der Waals surface area (Å²) in [6, 6.07) is -0.257. The maximum absolute atomic E-state index is 11.8. The van der Waals surface area contributed by atoms with Crippen LogP contribution in [0.25, 0.3) is 0 Å². The Kier molecular flexibility index (Phi) is 8.47. The zero-order chi connectivity index (χ0) is 11.4. The molecule has 5 nitrogen and oxygen atoms in total. The van der Waals surface area contributed by atoms with Crippen LogP contribution in [0.2, 0.25) is 0 Å². The molecule has 1 aliphatic heterocycles. The van der Waals surface area contributed by atoms with E-state index in [9.17, 15) is 4.79 Å². The van der Waals surface area contributed by atoms with Gasteiger partial charge in [0, 0.05) is 11.9 Å². The molecule has 2 rings (SSSR count). The lowest BCUT2D eigenvalue weighted by molar-refractivity contribution is -0.129. The summed E-state index contributed by atoms with van der Waals surface area (Å²) in [7, 11) is 0. The zero-order valence-electron chi connectivity index (χ0n) is 9.92. The minimum absolute atomic E-state index is 0. The van der Waals surface area contributed by atoms with Crippen molar-refractivity contribution in [2.24, 2.45) is 0 Å². The lowest BCUT2D eigenvalue weighted by Crippen LogP contribution is -2.55. The van der Waals surface area contributed by atoms with E-state index in [0.29, 0.717) is 13.2 Å². The third-order valence-electron chi connectivity index (χ3n) is 2.53. The molecule has 0 spiro atoms. The van der Waals surface area contributed by atoms with E-state index in [2.05, 4.69) is 15.6 Å². The van der Waals surface area contributed by atoms with Gasteiger partial charge in [-0.15, -0.1) is 36.2 Å². The number of morpholine rings is 1. The van der Waals surface area contributed by atoms with Gasteiger partial charge < -0.3 is 15.4 Å². The number of ether oxygens (including phenoxy) is 1. The van der Waals surface area contributed by atoms with Gasteiger partial charge >= 0.3 is 0 Å². The highest BCUT2D eigenvalue weighted by Crippen LogP contribution is 2.05. The molecule has 8 heteroatoms. The molecular weight excluding hydrogens is 297 g/mol. The molecule has 2 N–H and O–H groups in total. The van der Waals surface area contributed by atoms with Crippen molar-refractivity contribution in [2.45, 2.75) is 25.6 Å². The van der Waals surface area contributed by atoms with Gasteiger partial charge in [0.15, 0.2) is 0 Å². The summed E-state index contributed by atoms with van der Waals surface area (Å²) in [4.78, 5) is 15.9. The van der Waals surface area contributed by atoms with Gasteiger partial charge in [0.1, 0.15) is 6.04 Å². The molecule has 0 radical (unpaired) electrons. The molecular formula is C10H17Cl2N3O2S. The molecule has 104 valence electrons. The van der Waals surface area contributed by atoms with Crippen LogP contribution >= 0.6 is 36.2 Å². The molecule has 1 aliphatic rings.